The molecule has 0 unspecified atom stereocenters. The summed E-state index contributed by atoms with van der Waals surface area (Å²) < 4.78 is 1.26. The summed E-state index contributed by atoms with van der Waals surface area (Å²) in [5.41, 5.74) is -0.435. The summed E-state index contributed by atoms with van der Waals surface area (Å²) in [6.45, 7) is -0.00241. The number of halogens is 1. The normalized spacial score (nSPS) is 16.1. The van der Waals surface area contributed by atoms with Crippen LogP contribution in [0.25, 0.3) is 0 Å². The lowest BCUT2D eigenvalue weighted by Gasteiger charge is -2.12. The molecular weight excluding hydrogens is 242 g/mol. The van der Waals surface area contributed by atoms with Gasteiger partial charge in [-0.2, -0.15) is 0 Å². The van der Waals surface area contributed by atoms with Gasteiger partial charge in [-0.25, -0.2) is 4.98 Å². The minimum absolute atomic E-state index is 0.00241. The fraction of sp³-hybridized carbons (Fsp3) is 0.545. The predicted octanol–water partition coefficient (Wildman–Crippen LogP) is 0.955. The van der Waals surface area contributed by atoms with E-state index in [1.165, 1.54) is 17.0 Å². The Labute approximate surface area is 104 Å². The molecule has 1 fully saturated rings. The monoisotopic (exact) mass is 255 g/mol. The van der Waals surface area contributed by atoms with Gasteiger partial charge in [0.05, 0.1) is 0 Å². The van der Waals surface area contributed by atoms with Gasteiger partial charge in [0.25, 0.3) is 5.56 Å². The largest absolute Gasteiger partial charge is 0.352 e. The smallest absolute Gasteiger partial charge is 0.288 e. The lowest BCUT2D eigenvalue weighted by molar-refractivity contribution is -0.122. The van der Waals surface area contributed by atoms with Crippen LogP contribution in [0, 0.1) is 0 Å². The van der Waals surface area contributed by atoms with Gasteiger partial charge in [0, 0.05) is 18.4 Å². The van der Waals surface area contributed by atoms with E-state index in [-0.39, 0.29) is 23.6 Å². The molecule has 0 atom stereocenters. The van der Waals surface area contributed by atoms with Crippen LogP contribution in [-0.2, 0) is 11.3 Å². The van der Waals surface area contributed by atoms with Crippen molar-refractivity contribution >= 4 is 17.5 Å². The number of rotatable bonds is 3. The molecule has 2 rings (SSSR count). The van der Waals surface area contributed by atoms with Gasteiger partial charge >= 0.3 is 0 Å². The summed E-state index contributed by atoms with van der Waals surface area (Å²) in [5.74, 6) is -0.152. The van der Waals surface area contributed by atoms with Crippen molar-refractivity contribution in [2.75, 3.05) is 0 Å². The second kappa shape index (κ2) is 5.31. The van der Waals surface area contributed by atoms with Crippen molar-refractivity contribution < 1.29 is 4.79 Å². The van der Waals surface area contributed by atoms with E-state index in [4.69, 9.17) is 11.6 Å². The quantitative estimate of drug-likeness (QED) is 0.875. The molecule has 6 heteroatoms. The fourth-order valence-corrected chi connectivity index (χ4v) is 2.21. The molecule has 0 spiro atoms. The Hall–Kier alpha value is -1.36. The van der Waals surface area contributed by atoms with Gasteiger partial charge in [-0.05, 0) is 12.8 Å². The number of carbonyl (C=O) groups excluding carboxylic acids is 1. The van der Waals surface area contributed by atoms with Crippen LogP contribution in [-0.4, -0.2) is 21.5 Å². The summed E-state index contributed by atoms with van der Waals surface area (Å²) in [6, 6.07) is 0.260. The lowest BCUT2D eigenvalue weighted by Crippen LogP contribution is -2.37. The number of hydrogen-bond acceptors (Lipinski definition) is 3. The zero-order valence-corrected chi connectivity index (χ0v) is 10.1. The predicted molar refractivity (Wildman–Crippen MR) is 63.9 cm³/mol. The van der Waals surface area contributed by atoms with E-state index >= 15 is 0 Å². The first-order chi connectivity index (χ1) is 8.16. The molecule has 0 bridgehead atoms. The summed E-state index contributed by atoms with van der Waals surface area (Å²) in [7, 11) is 0. The van der Waals surface area contributed by atoms with Gasteiger partial charge in [-0.1, -0.05) is 24.4 Å². The molecule has 0 radical (unpaired) electrons. The molecule has 1 N–H and O–H groups in total. The Morgan fingerprint density at radius 1 is 1.53 bits per heavy atom. The first-order valence-corrected chi connectivity index (χ1v) is 6.05. The van der Waals surface area contributed by atoms with Gasteiger partial charge in [-0.15, -0.1) is 0 Å². The Morgan fingerprint density at radius 3 is 2.94 bits per heavy atom. The van der Waals surface area contributed by atoms with Crippen molar-refractivity contribution in [1.82, 2.24) is 14.9 Å². The highest BCUT2D eigenvalue weighted by Crippen LogP contribution is 2.17. The highest BCUT2D eigenvalue weighted by molar-refractivity contribution is 6.29. The lowest BCUT2D eigenvalue weighted by atomic mass is 10.2. The number of aromatic nitrogens is 2. The second-order valence-electron chi connectivity index (χ2n) is 4.20. The van der Waals surface area contributed by atoms with E-state index in [0.29, 0.717) is 0 Å². The van der Waals surface area contributed by atoms with E-state index in [1.54, 1.807) is 0 Å². The molecule has 1 amide bonds. The van der Waals surface area contributed by atoms with Crippen LogP contribution in [0.3, 0.4) is 0 Å². The maximum Gasteiger partial charge on any atom is 0.288 e. The molecule has 0 aliphatic heterocycles. The molecule has 1 aliphatic carbocycles. The molecule has 1 aliphatic rings. The van der Waals surface area contributed by atoms with Crippen molar-refractivity contribution in [3.63, 3.8) is 0 Å². The Kier molecular flexibility index (Phi) is 3.78. The highest BCUT2D eigenvalue weighted by Gasteiger charge is 2.17. The van der Waals surface area contributed by atoms with Crippen molar-refractivity contribution in [3.05, 3.63) is 27.9 Å². The van der Waals surface area contributed by atoms with Crippen molar-refractivity contribution in [1.29, 1.82) is 0 Å². The molecule has 0 aromatic carbocycles. The molecular formula is C11H14ClN3O2. The average Bonchev–Trinajstić information content (AvgIpc) is 2.77. The second-order valence-corrected chi connectivity index (χ2v) is 4.56. The molecule has 1 heterocycles. The fourth-order valence-electron chi connectivity index (χ4n) is 2.04. The van der Waals surface area contributed by atoms with Gasteiger partial charge in [0.1, 0.15) is 6.54 Å². The number of carbonyl (C=O) groups is 1. The standard InChI is InChI=1S/C11H14ClN3O2/c12-10-11(17)15(6-5-13-10)7-9(16)14-8-3-1-2-4-8/h5-6,8H,1-4,7H2,(H,14,16). The number of nitrogens with one attached hydrogen (secondary N) is 1. The maximum absolute atomic E-state index is 11.7. The van der Waals surface area contributed by atoms with Gasteiger partial charge < -0.3 is 9.88 Å². The number of amides is 1. The molecule has 1 aromatic heterocycles. The summed E-state index contributed by atoms with van der Waals surface area (Å²) >= 11 is 5.59. The molecule has 5 nitrogen and oxygen atoms in total. The third-order valence-corrected chi connectivity index (χ3v) is 3.17. The highest BCUT2D eigenvalue weighted by atomic mass is 35.5. The third-order valence-electron chi connectivity index (χ3n) is 2.91. The third kappa shape index (κ3) is 3.06. The Balaban J connectivity index is 1.98. The van der Waals surface area contributed by atoms with Crippen LogP contribution in [0.1, 0.15) is 25.7 Å². The van der Waals surface area contributed by atoms with E-state index in [0.717, 1.165) is 25.7 Å². The van der Waals surface area contributed by atoms with Gasteiger partial charge in [0.2, 0.25) is 5.91 Å². The zero-order valence-electron chi connectivity index (χ0n) is 9.36. The molecule has 0 saturated heterocycles. The zero-order chi connectivity index (χ0) is 12.3. The van der Waals surface area contributed by atoms with E-state index in [2.05, 4.69) is 10.3 Å². The number of hydrogen-bond donors (Lipinski definition) is 1. The summed E-state index contributed by atoms with van der Waals surface area (Å²) in [6.07, 6.45) is 7.24. The minimum atomic E-state index is -0.435. The van der Waals surface area contributed by atoms with Crippen LogP contribution in [0.2, 0.25) is 5.15 Å². The SMILES string of the molecule is O=C(Cn1ccnc(Cl)c1=O)NC1CCCC1. The first kappa shape index (κ1) is 12.1. The number of nitrogens with zero attached hydrogens (tertiary/aromatic N) is 2. The Bertz CT molecular complexity index is 466. The summed E-state index contributed by atoms with van der Waals surface area (Å²) in [5, 5.41) is 2.80. The van der Waals surface area contributed by atoms with Crippen molar-refractivity contribution in [2.24, 2.45) is 0 Å². The first-order valence-electron chi connectivity index (χ1n) is 5.67. The van der Waals surface area contributed by atoms with Crippen LogP contribution in [0.15, 0.2) is 17.2 Å². The van der Waals surface area contributed by atoms with Crippen molar-refractivity contribution in [2.45, 2.75) is 38.3 Å². The van der Waals surface area contributed by atoms with E-state index in [1.807, 2.05) is 0 Å². The molecule has 1 aromatic rings. The minimum Gasteiger partial charge on any atom is -0.352 e. The average molecular weight is 256 g/mol. The van der Waals surface area contributed by atoms with Gasteiger partial charge in [-0.3, -0.25) is 9.59 Å². The molecule has 1 saturated carbocycles. The Morgan fingerprint density at radius 2 is 2.24 bits per heavy atom. The van der Waals surface area contributed by atoms with Crippen LogP contribution in [0.4, 0.5) is 0 Å². The topological polar surface area (TPSA) is 64.0 Å². The van der Waals surface area contributed by atoms with E-state index in [9.17, 15) is 9.59 Å². The van der Waals surface area contributed by atoms with Crippen LogP contribution < -0.4 is 10.9 Å². The van der Waals surface area contributed by atoms with Gasteiger partial charge in [0.15, 0.2) is 5.15 Å². The van der Waals surface area contributed by atoms with E-state index < -0.39 is 5.56 Å². The van der Waals surface area contributed by atoms with Crippen molar-refractivity contribution in [3.8, 4) is 0 Å². The molecule has 92 valence electrons. The summed E-state index contributed by atoms with van der Waals surface area (Å²) in [4.78, 5) is 26.9. The maximum atomic E-state index is 11.7. The van der Waals surface area contributed by atoms with Crippen LogP contribution in [0.5, 0.6) is 0 Å². The molecule has 17 heavy (non-hydrogen) atoms. The van der Waals surface area contributed by atoms with Crippen LogP contribution >= 0.6 is 11.6 Å².